The Labute approximate surface area is 381 Å². The van der Waals surface area contributed by atoms with Crippen LogP contribution in [-0.2, 0) is 10.8 Å². The maximum atomic E-state index is 7.17. The van der Waals surface area contributed by atoms with Crippen LogP contribution in [0.15, 0.2) is 168 Å². The summed E-state index contributed by atoms with van der Waals surface area (Å²) >= 11 is 3.79. The predicted molar refractivity (Wildman–Crippen MR) is 279 cm³/mol. The van der Waals surface area contributed by atoms with Crippen LogP contribution < -0.4 is 20.6 Å². The lowest BCUT2D eigenvalue weighted by Gasteiger charge is -2.45. The first-order chi connectivity index (χ1) is 31.0. The second-order valence-corrected chi connectivity index (χ2v) is 21.8. The number of nitrogens with zero attached hydrogens (tertiary/aromatic N) is 2. The third-order valence-corrected chi connectivity index (χ3v) is 16.1. The molecule has 0 aliphatic carbocycles. The van der Waals surface area contributed by atoms with Gasteiger partial charge in [-0.25, -0.2) is 0 Å². The van der Waals surface area contributed by atoms with Gasteiger partial charge in [-0.05, 0) is 104 Å². The average Bonchev–Trinajstić information content (AvgIpc) is 3.99. The van der Waals surface area contributed by atoms with Gasteiger partial charge in [-0.15, -0.1) is 22.7 Å². The number of thiophene rings is 2. The zero-order valence-corrected chi connectivity index (χ0v) is 38.4. The second kappa shape index (κ2) is 13.5. The van der Waals surface area contributed by atoms with Crippen molar-refractivity contribution in [3.8, 4) is 22.3 Å². The maximum absolute atomic E-state index is 7.17. The molecule has 2 aliphatic heterocycles. The minimum absolute atomic E-state index is 0.0231. The van der Waals surface area contributed by atoms with Crippen LogP contribution in [0.25, 0.3) is 74.5 Å². The highest BCUT2D eigenvalue weighted by atomic mass is 32.1. The van der Waals surface area contributed by atoms with E-state index in [0.717, 1.165) is 21.9 Å². The molecule has 13 rings (SSSR count). The van der Waals surface area contributed by atoms with Crippen LogP contribution >= 0.6 is 22.7 Å². The first-order valence-corrected chi connectivity index (χ1v) is 24.0. The fourth-order valence-electron chi connectivity index (χ4n) is 10.6. The van der Waals surface area contributed by atoms with E-state index in [0.29, 0.717) is 0 Å². The first kappa shape index (κ1) is 37.9. The van der Waals surface area contributed by atoms with Crippen LogP contribution in [0.5, 0.6) is 0 Å². The number of anilines is 5. The van der Waals surface area contributed by atoms with Gasteiger partial charge in [-0.3, -0.25) is 0 Å². The van der Waals surface area contributed by atoms with Gasteiger partial charge in [0.05, 0.1) is 10.7 Å². The molecule has 0 saturated carbocycles. The SMILES string of the molecule is CC(C)(C)c1ccc(N2B3c4c(cc5c(oc6ccccc65)c4-c4cc5c(cc42)sc2ccccc25)N(c2ccc(C(C)(C)C)cc2-c2ccccc2)c2sc4ccccc4c23)cc1. The highest BCUT2D eigenvalue weighted by molar-refractivity contribution is 7.26. The van der Waals surface area contributed by atoms with Crippen LogP contribution in [0.3, 0.4) is 0 Å². The van der Waals surface area contributed by atoms with Crippen molar-refractivity contribution in [1.29, 1.82) is 0 Å². The average molecular weight is 861 g/mol. The predicted octanol–water partition coefficient (Wildman–Crippen LogP) is 16.1. The summed E-state index contributed by atoms with van der Waals surface area (Å²) in [6, 6.07) is 61.5. The van der Waals surface area contributed by atoms with E-state index >= 15 is 0 Å². The van der Waals surface area contributed by atoms with Crippen LogP contribution in [0.4, 0.5) is 27.8 Å². The smallest absolute Gasteiger partial charge is 0.334 e. The van der Waals surface area contributed by atoms with E-state index in [1.54, 1.807) is 0 Å². The summed E-state index contributed by atoms with van der Waals surface area (Å²) in [5.74, 6) is 0. The van der Waals surface area contributed by atoms with Gasteiger partial charge < -0.3 is 14.1 Å². The van der Waals surface area contributed by atoms with Crippen molar-refractivity contribution in [3.05, 3.63) is 175 Å². The van der Waals surface area contributed by atoms with Crippen LogP contribution in [0, 0.1) is 0 Å². The number of benzene rings is 8. The molecule has 3 nitrogen and oxygen atoms in total. The molecule has 0 unspecified atom stereocenters. The van der Waals surface area contributed by atoms with Gasteiger partial charge in [-0.2, -0.15) is 0 Å². The Kier molecular flexibility index (Phi) is 7.98. The normalized spacial score (nSPS) is 13.7. The van der Waals surface area contributed by atoms with E-state index < -0.39 is 0 Å². The summed E-state index contributed by atoms with van der Waals surface area (Å²) in [5, 5.41) is 7.37. The van der Waals surface area contributed by atoms with Gasteiger partial charge >= 0.3 is 6.85 Å². The van der Waals surface area contributed by atoms with Gasteiger partial charge in [0.1, 0.15) is 11.2 Å². The molecule has 308 valence electrons. The highest BCUT2D eigenvalue weighted by Gasteiger charge is 2.49. The van der Waals surface area contributed by atoms with Gasteiger partial charge in [-0.1, -0.05) is 145 Å². The minimum Gasteiger partial charge on any atom is -0.455 e. The van der Waals surface area contributed by atoms with Gasteiger partial charge in [0, 0.05) is 69.4 Å². The van der Waals surface area contributed by atoms with Crippen molar-refractivity contribution in [2.24, 2.45) is 0 Å². The van der Waals surface area contributed by atoms with E-state index in [-0.39, 0.29) is 17.7 Å². The zero-order valence-electron chi connectivity index (χ0n) is 36.8. The molecule has 0 fully saturated rings. The van der Waals surface area contributed by atoms with Gasteiger partial charge in [0.2, 0.25) is 0 Å². The maximum Gasteiger partial charge on any atom is 0.334 e. The fraction of sp³-hybridized carbons (Fsp3) is 0.138. The van der Waals surface area contributed by atoms with E-state index in [4.69, 9.17) is 4.42 Å². The molecule has 0 atom stereocenters. The number of hydrogen-bond donors (Lipinski definition) is 0. The van der Waals surface area contributed by atoms with Gasteiger partial charge in [0.25, 0.3) is 0 Å². The third kappa shape index (κ3) is 5.45. The highest BCUT2D eigenvalue weighted by Crippen LogP contribution is 2.55. The quantitative estimate of drug-likeness (QED) is 0.165. The largest absolute Gasteiger partial charge is 0.455 e. The number of fused-ring (bicyclic) bond motifs is 13. The summed E-state index contributed by atoms with van der Waals surface area (Å²) < 4.78 is 11.0. The van der Waals surface area contributed by atoms with Crippen LogP contribution in [-0.4, -0.2) is 6.85 Å². The molecule has 8 aromatic carbocycles. The lowest BCUT2D eigenvalue weighted by Crippen LogP contribution is -2.61. The monoisotopic (exact) mass is 860 g/mol. The van der Waals surface area contributed by atoms with E-state index in [1.807, 2.05) is 22.7 Å². The number of hydrogen-bond acceptors (Lipinski definition) is 5. The van der Waals surface area contributed by atoms with Crippen LogP contribution in [0.1, 0.15) is 52.7 Å². The Morgan fingerprint density at radius 3 is 1.88 bits per heavy atom. The molecule has 11 aromatic rings. The van der Waals surface area contributed by atoms with Crippen molar-refractivity contribution in [3.63, 3.8) is 0 Å². The van der Waals surface area contributed by atoms with Crippen LogP contribution in [0.2, 0.25) is 0 Å². The molecule has 6 heteroatoms. The Hall–Kier alpha value is -6.60. The Morgan fingerprint density at radius 2 is 1.12 bits per heavy atom. The number of para-hydroxylation sites is 1. The lowest BCUT2D eigenvalue weighted by molar-refractivity contribution is 0.590. The molecule has 2 aliphatic rings. The molecule has 0 radical (unpaired) electrons. The molecular formula is C58H45BN2OS2. The topological polar surface area (TPSA) is 19.6 Å². The molecule has 0 spiro atoms. The van der Waals surface area contributed by atoms with Crippen molar-refractivity contribution < 1.29 is 4.42 Å². The van der Waals surface area contributed by atoms with E-state index in [1.165, 1.54) is 102 Å². The van der Waals surface area contributed by atoms with Crippen molar-refractivity contribution >= 4 is 120 Å². The van der Waals surface area contributed by atoms with Gasteiger partial charge in [0.15, 0.2) is 0 Å². The molecule has 5 heterocycles. The molecule has 0 bridgehead atoms. The molecule has 64 heavy (non-hydrogen) atoms. The Morgan fingerprint density at radius 1 is 0.469 bits per heavy atom. The molecule has 3 aromatic heterocycles. The summed E-state index contributed by atoms with van der Waals surface area (Å²) in [6.45, 7) is 13.7. The van der Waals surface area contributed by atoms with E-state index in [2.05, 4.69) is 215 Å². The third-order valence-electron chi connectivity index (χ3n) is 13.8. The summed E-state index contributed by atoms with van der Waals surface area (Å²) in [4.78, 5) is 5.29. The standard InChI is InChI=1S/C58H45BN2OS2/c1-57(2,3)35-24-27-37(28-25-35)61-46-33-51-42(39-19-11-14-22-49(39)63-51)31-44(46)52-54-47(32-43-38-18-10-13-21-48(38)62-55(43)52)60(56-53(59(54)61)40-20-12-15-23-50(40)64-56)45-29-26-36(58(4,5)6)30-41(45)34-16-8-7-9-17-34/h7-33H,1-6H3. The first-order valence-electron chi connectivity index (χ1n) is 22.4. The summed E-state index contributed by atoms with van der Waals surface area (Å²) in [5.41, 5.74) is 16.6. The van der Waals surface area contributed by atoms with Crippen molar-refractivity contribution in [1.82, 2.24) is 0 Å². The summed E-state index contributed by atoms with van der Waals surface area (Å²) in [6.07, 6.45) is 0. The van der Waals surface area contributed by atoms with Crippen molar-refractivity contribution in [2.75, 3.05) is 9.71 Å². The fourth-order valence-corrected chi connectivity index (χ4v) is 13.0. The molecular weight excluding hydrogens is 816 g/mol. The Balaban J connectivity index is 1.22. The second-order valence-electron chi connectivity index (χ2n) is 19.7. The molecule has 0 saturated heterocycles. The minimum atomic E-state index is -0.154. The zero-order chi connectivity index (χ0) is 43.2. The van der Waals surface area contributed by atoms with E-state index in [9.17, 15) is 0 Å². The number of furan rings is 1. The summed E-state index contributed by atoms with van der Waals surface area (Å²) in [7, 11) is 0. The number of rotatable bonds is 3. The van der Waals surface area contributed by atoms with Crippen molar-refractivity contribution in [2.45, 2.75) is 52.4 Å². The molecule has 0 N–H and O–H groups in total. The molecule has 0 amide bonds. The Bertz CT molecular complexity index is 3710. The lowest BCUT2D eigenvalue weighted by atomic mass is 9.43.